The van der Waals surface area contributed by atoms with Gasteiger partial charge in [0, 0.05) is 20.1 Å². The molecule has 2 rings (SSSR count). The van der Waals surface area contributed by atoms with Gasteiger partial charge in [0.25, 0.3) is 0 Å². The van der Waals surface area contributed by atoms with E-state index in [1.54, 1.807) is 6.33 Å². The van der Waals surface area contributed by atoms with Gasteiger partial charge in [0.15, 0.2) is 0 Å². The standard InChI is InChI=1S/C8H14N4O/c1-11-7-9-10-8(11)6-12-2-4-13-5-3-12/h7H,2-6H2,1H3. The number of rotatable bonds is 2. The third-order valence-corrected chi connectivity index (χ3v) is 2.27. The van der Waals surface area contributed by atoms with Crippen LogP contribution in [0.5, 0.6) is 0 Å². The van der Waals surface area contributed by atoms with Gasteiger partial charge in [-0.2, -0.15) is 0 Å². The van der Waals surface area contributed by atoms with Gasteiger partial charge in [0.1, 0.15) is 12.2 Å². The molecular formula is C8H14N4O. The number of hydrogen-bond acceptors (Lipinski definition) is 4. The van der Waals surface area contributed by atoms with E-state index in [4.69, 9.17) is 4.74 Å². The Labute approximate surface area is 77.3 Å². The first-order valence-corrected chi connectivity index (χ1v) is 4.49. The van der Waals surface area contributed by atoms with Gasteiger partial charge in [0.05, 0.1) is 19.8 Å². The Balaban J connectivity index is 1.93. The molecule has 0 saturated carbocycles. The van der Waals surface area contributed by atoms with Gasteiger partial charge < -0.3 is 9.30 Å². The Bertz CT molecular complexity index is 267. The molecule has 0 atom stereocenters. The number of morpholine rings is 1. The SMILES string of the molecule is Cn1cnnc1CN1CCOCC1. The Hall–Kier alpha value is -0.940. The first-order valence-electron chi connectivity index (χ1n) is 4.49. The van der Waals surface area contributed by atoms with Crippen molar-refractivity contribution in [3.05, 3.63) is 12.2 Å². The van der Waals surface area contributed by atoms with Crippen LogP contribution in [0.1, 0.15) is 5.82 Å². The second kappa shape index (κ2) is 3.85. The predicted octanol–water partition coefficient (Wildman–Crippen LogP) is -0.353. The predicted molar refractivity (Wildman–Crippen MR) is 47.1 cm³/mol. The average Bonchev–Trinajstić information content (AvgIpc) is 2.54. The van der Waals surface area contributed by atoms with Crippen LogP contribution in [-0.2, 0) is 18.3 Å². The maximum Gasteiger partial charge on any atom is 0.146 e. The van der Waals surface area contributed by atoms with Crippen molar-refractivity contribution in [2.45, 2.75) is 6.54 Å². The lowest BCUT2D eigenvalue weighted by atomic mass is 10.4. The van der Waals surface area contributed by atoms with Crippen molar-refractivity contribution >= 4 is 0 Å². The molecule has 1 saturated heterocycles. The zero-order valence-corrected chi connectivity index (χ0v) is 7.81. The third-order valence-electron chi connectivity index (χ3n) is 2.27. The molecule has 0 aliphatic carbocycles. The lowest BCUT2D eigenvalue weighted by molar-refractivity contribution is 0.0326. The third kappa shape index (κ3) is 2.05. The average molecular weight is 182 g/mol. The molecule has 0 spiro atoms. The molecule has 13 heavy (non-hydrogen) atoms. The van der Waals surface area contributed by atoms with Crippen molar-refractivity contribution in [1.29, 1.82) is 0 Å². The number of nitrogens with zero attached hydrogens (tertiary/aromatic N) is 4. The van der Waals surface area contributed by atoms with Crippen molar-refractivity contribution in [2.75, 3.05) is 26.3 Å². The van der Waals surface area contributed by atoms with Crippen LogP contribution in [0.4, 0.5) is 0 Å². The summed E-state index contributed by atoms with van der Waals surface area (Å²) in [6.45, 7) is 4.52. The zero-order valence-electron chi connectivity index (χ0n) is 7.81. The Morgan fingerprint density at radius 2 is 2.23 bits per heavy atom. The van der Waals surface area contributed by atoms with Crippen LogP contribution in [0.15, 0.2) is 6.33 Å². The van der Waals surface area contributed by atoms with Crippen LogP contribution in [0.25, 0.3) is 0 Å². The first kappa shape index (κ1) is 8.65. The molecule has 0 N–H and O–H groups in total. The molecule has 5 heteroatoms. The molecule has 1 aliphatic rings. The molecule has 1 aliphatic heterocycles. The maximum absolute atomic E-state index is 5.26. The number of ether oxygens (including phenoxy) is 1. The van der Waals surface area contributed by atoms with Gasteiger partial charge in [-0.3, -0.25) is 4.90 Å². The minimum absolute atomic E-state index is 0.831. The van der Waals surface area contributed by atoms with Gasteiger partial charge in [-0.15, -0.1) is 10.2 Å². The van der Waals surface area contributed by atoms with Crippen LogP contribution in [0, 0.1) is 0 Å². The fraction of sp³-hybridized carbons (Fsp3) is 0.750. The minimum atomic E-state index is 0.831. The van der Waals surface area contributed by atoms with E-state index in [0.29, 0.717) is 0 Å². The van der Waals surface area contributed by atoms with E-state index in [0.717, 1.165) is 38.7 Å². The summed E-state index contributed by atoms with van der Waals surface area (Å²) in [5, 5.41) is 7.88. The number of aromatic nitrogens is 3. The Kier molecular flexibility index (Phi) is 2.56. The summed E-state index contributed by atoms with van der Waals surface area (Å²) in [6.07, 6.45) is 1.73. The van der Waals surface area contributed by atoms with E-state index in [2.05, 4.69) is 15.1 Å². The largest absolute Gasteiger partial charge is 0.379 e. The highest BCUT2D eigenvalue weighted by molar-refractivity contribution is 4.84. The summed E-state index contributed by atoms with van der Waals surface area (Å²) in [6, 6.07) is 0. The highest BCUT2D eigenvalue weighted by Crippen LogP contribution is 2.02. The van der Waals surface area contributed by atoms with Gasteiger partial charge in [-0.1, -0.05) is 0 Å². The summed E-state index contributed by atoms with van der Waals surface area (Å²) in [4.78, 5) is 2.33. The van der Waals surface area contributed by atoms with Gasteiger partial charge in [-0.05, 0) is 0 Å². The number of hydrogen-bond donors (Lipinski definition) is 0. The Morgan fingerprint density at radius 1 is 1.46 bits per heavy atom. The van der Waals surface area contributed by atoms with E-state index in [1.807, 2.05) is 11.6 Å². The molecule has 0 aromatic carbocycles. The van der Waals surface area contributed by atoms with E-state index in [1.165, 1.54) is 0 Å². The second-order valence-electron chi connectivity index (χ2n) is 3.25. The molecule has 0 unspecified atom stereocenters. The van der Waals surface area contributed by atoms with Crippen molar-refractivity contribution in [3.8, 4) is 0 Å². The molecule has 5 nitrogen and oxygen atoms in total. The van der Waals surface area contributed by atoms with Crippen LogP contribution < -0.4 is 0 Å². The highest BCUT2D eigenvalue weighted by Gasteiger charge is 2.12. The quantitative estimate of drug-likeness (QED) is 0.627. The molecule has 1 aromatic rings. The van der Waals surface area contributed by atoms with Gasteiger partial charge >= 0.3 is 0 Å². The maximum atomic E-state index is 5.26. The summed E-state index contributed by atoms with van der Waals surface area (Å²) in [7, 11) is 1.97. The summed E-state index contributed by atoms with van der Waals surface area (Å²) < 4.78 is 7.22. The van der Waals surface area contributed by atoms with Crippen molar-refractivity contribution in [1.82, 2.24) is 19.7 Å². The molecule has 0 radical (unpaired) electrons. The van der Waals surface area contributed by atoms with Crippen molar-refractivity contribution < 1.29 is 4.74 Å². The molecule has 0 bridgehead atoms. The molecule has 2 heterocycles. The van der Waals surface area contributed by atoms with Crippen molar-refractivity contribution in [3.63, 3.8) is 0 Å². The lowest BCUT2D eigenvalue weighted by Crippen LogP contribution is -2.36. The zero-order chi connectivity index (χ0) is 9.10. The summed E-state index contributed by atoms with van der Waals surface area (Å²) >= 11 is 0. The summed E-state index contributed by atoms with van der Waals surface area (Å²) in [5.74, 6) is 1.02. The van der Waals surface area contributed by atoms with E-state index in [9.17, 15) is 0 Å². The smallest absolute Gasteiger partial charge is 0.146 e. The van der Waals surface area contributed by atoms with Gasteiger partial charge in [-0.25, -0.2) is 0 Å². The van der Waals surface area contributed by atoms with E-state index < -0.39 is 0 Å². The van der Waals surface area contributed by atoms with Crippen LogP contribution >= 0.6 is 0 Å². The van der Waals surface area contributed by atoms with Crippen molar-refractivity contribution in [2.24, 2.45) is 7.05 Å². The molecule has 72 valence electrons. The monoisotopic (exact) mass is 182 g/mol. The second-order valence-corrected chi connectivity index (χ2v) is 3.25. The molecule has 0 amide bonds. The highest BCUT2D eigenvalue weighted by atomic mass is 16.5. The van der Waals surface area contributed by atoms with Gasteiger partial charge in [0.2, 0.25) is 0 Å². The first-order chi connectivity index (χ1) is 6.36. The molecule has 1 aromatic heterocycles. The summed E-state index contributed by atoms with van der Waals surface area (Å²) in [5.41, 5.74) is 0. The normalized spacial score (nSPS) is 19.2. The van der Waals surface area contributed by atoms with Crippen LogP contribution in [-0.4, -0.2) is 46.0 Å². The van der Waals surface area contributed by atoms with E-state index >= 15 is 0 Å². The molecule has 1 fully saturated rings. The topological polar surface area (TPSA) is 43.2 Å². The van der Waals surface area contributed by atoms with Crippen LogP contribution in [0.3, 0.4) is 0 Å². The molecular weight excluding hydrogens is 168 g/mol. The fourth-order valence-electron chi connectivity index (χ4n) is 1.41. The Morgan fingerprint density at radius 3 is 2.85 bits per heavy atom. The lowest BCUT2D eigenvalue weighted by Gasteiger charge is -2.25. The number of aryl methyl sites for hydroxylation is 1. The van der Waals surface area contributed by atoms with E-state index in [-0.39, 0.29) is 0 Å². The minimum Gasteiger partial charge on any atom is -0.379 e. The van der Waals surface area contributed by atoms with Crippen LogP contribution in [0.2, 0.25) is 0 Å². The fourth-order valence-corrected chi connectivity index (χ4v) is 1.41.